The first-order valence-corrected chi connectivity index (χ1v) is 6.95. The van der Waals surface area contributed by atoms with E-state index in [-0.39, 0.29) is 28.2 Å². The summed E-state index contributed by atoms with van der Waals surface area (Å²) in [6.45, 7) is 1.38. The molecule has 0 aliphatic carbocycles. The first kappa shape index (κ1) is 16.9. The molecule has 0 unspecified atom stereocenters. The van der Waals surface area contributed by atoms with Crippen molar-refractivity contribution >= 4 is 0 Å². The molecular weight excluding hydrogens is 343 g/mol. The lowest BCUT2D eigenvalue weighted by atomic mass is 10.0. The molecule has 9 heteroatoms. The van der Waals surface area contributed by atoms with Gasteiger partial charge in [0.2, 0.25) is 0 Å². The Hall–Kier alpha value is -2.97. The number of benzene rings is 1. The number of aryl methyl sites for hydroxylation is 1. The van der Waals surface area contributed by atoms with Crippen LogP contribution in [-0.4, -0.2) is 20.2 Å². The summed E-state index contributed by atoms with van der Waals surface area (Å²) in [5.74, 6) is -1.51. The van der Waals surface area contributed by atoms with Crippen molar-refractivity contribution in [2.24, 2.45) is 0 Å². The van der Waals surface area contributed by atoms with E-state index in [2.05, 4.69) is 20.2 Å². The van der Waals surface area contributed by atoms with Gasteiger partial charge in [-0.05, 0) is 37.3 Å². The van der Waals surface area contributed by atoms with E-state index in [1.165, 1.54) is 13.0 Å². The first-order chi connectivity index (χ1) is 11.8. The second-order valence-corrected chi connectivity index (χ2v) is 5.16. The summed E-state index contributed by atoms with van der Waals surface area (Å²) in [7, 11) is 0. The first-order valence-electron chi connectivity index (χ1n) is 6.95. The molecule has 0 saturated carbocycles. The van der Waals surface area contributed by atoms with Crippen LogP contribution in [0.1, 0.15) is 11.4 Å². The van der Waals surface area contributed by atoms with Gasteiger partial charge in [-0.2, -0.15) is 13.2 Å². The van der Waals surface area contributed by atoms with Crippen molar-refractivity contribution < 1.29 is 22.0 Å². The van der Waals surface area contributed by atoms with Gasteiger partial charge in [0, 0.05) is 16.8 Å². The molecule has 2 aromatic heterocycles. The second kappa shape index (κ2) is 6.15. The number of hydrogen-bond donors (Lipinski definition) is 0. The minimum atomic E-state index is -4.67. The second-order valence-electron chi connectivity index (χ2n) is 5.16. The van der Waals surface area contributed by atoms with Gasteiger partial charge in [0.25, 0.3) is 0 Å². The third kappa shape index (κ3) is 3.44. The molecule has 4 nitrogen and oxygen atoms in total. The van der Waals surface area contributed by atoms with Crippen molar-refractivity contribution in [3.05, 3.63) is 59.7 Å². The molecule has 25 heavy (non-hydrogen) atoms. The molecule has 1 aromatic carbocycles. The van der Waals surface area contributed by atoms with Crippen LogP contribution in [0, 0.1) is 18.6 Å². The summed E-state index contributed by atoms with van der Waals surface area (Å²) in [5.41, 5.74) is -1.50. The molecule has 0 aliphatic rings. The largest absolute Gasteiger partial charge is 0.433 e. The van der Waals surface area contributed by atoms with E-state index in [4.69, 9.17) is 0 Å². The van der Waals surface area contributed by atoms with Crippen LogP contribution in [0.3, 0.4) is 0 Å². The maximum absolute atomic E-state index is 14.1. The highest BCUT2D eigenvalue weighted by Crippen LogP contribution is 2.34. The summed E-state index contributed by atoms with van der Waals surface area (Å²) in [6.07, 6.45) is -3.66. The molecule has 128 valence electrons. The van der Waals surface area contributed by atoms with Crippen LogP contribution in [0.15, 0.2) is 36.7 Å². The fraction of sp³-hybridized carbons (Fsp3) is 0.125. The van der Waals surface area contributed by atoms with Gasteiger partial charge in [-0.25, -0.2) is 18.7 Å². The van der Waals surface area contributed by atoms with Gasteiger partial charge in [-0.15, -0.1) is 10.2 Å². The molecule has 0 fully saturated rings. The topological polar surface area (TPSA) is 51.6 Å². The summed E-state index contributed by atoms with van der Waals surface area (Å²) in [6, 6.07) is 4.81. The standard InChI is InChI=1S/C16H9F5N4/c1-8-4-9(5-13(24-8)16(19,20)21)14-15(22-7-23-25-14)11-6-10(17)2-3-12(11)18/h2-7H,1H3. The normalized spacial score (nSPS) is 11.6. The lowest BCUT2D eigenvalue weighted by Crippen LogP contribution is -2.09. The Bertz CT molecular complexity index is 940. The Kier molecular flexibility index (Phi) is 4.15. The van der Waals surface area contributed by atoms with Crippen molar-refractivity contribution in [1.29, 1.82) is 0 Å². The molecule has 0 radical (unpaired) electrons. The summed E-state index contributed by atoms with van der Waals surface area (Å²) in [4.78, 5) is 7.30. The Labute approximate surface area is 138 Å². The van der Waals surface area contributed by atoms with Crippen LogP contribution in [0.5, 0.6) is 0 Å². The predicted octanol–water partition coefficient (Wildman–Crippen LogP) is 4.21. The minimum Gasteiger partial charge on any atom is -0.249 e. The van der Waals surface area contributed by atoms with Crippen molar-refractivity contribution in [1.82, 2.24) is 20.2 Å². The number of aromatic nitrogens is 4. The highest BCUT2D eigenvalue weighted by atomic mass is 19.4. The van der Waals surface area contributed by atoms with Crippen LogP contribution in [0.2, 0.25) is 0 Å². The molecule has 0 saturated heterocycles. The Morgan fingerprint density at radius 2 is 1.72 bits per heavy atom. The molecule has 0 atom stereocenters. The average Bonchev–Trinajstić information content (AvgIpc) is 2.56. The van der Waals surface area contributed by atoms with Crippen molar-refractivity contribution in [2.75, 3.05) is 0 Å². The van der Waals surface area contributed by atoms with Crippen molar-refractivity contribution in [3.8, 4) is 22.5 Å². The van der Waals surface area contributed by atoms with Gasteiger partial charge in [0.1, 0.15) is 35.0 Å². The zero-order valence-corrected chi connectivity index (χ0v) is 12.6. The summed E-state index contributed by atoms with van der Waals surface area (Å²) in [5, 5.41) is 7.31. The predicted molar refractivity (Wildman–Crippen MR) is 78.1 cm³/mol. The van der Waals surface area contributed by atoms with Crippen LogP contribution >= 0.6 is 0 Å². The number of pyridine rings is 1. The summed E-state index contributed by atoms with van der Waals surface area (Å²) >= 11 is 0. The molecule has 0 N–H and O–H groups in total. The highest BCUT2D eigenvalue weighted by Gasteiger charge is 2.33. The van der Waals surface area contributed by atoms with Crippen LogP contribution in [-0.2, 0) is 6.18 Å². The zero-order valence-electron chi connectivity index (χ0n) is 12.6. The number of alkyl halides is 3. The van der Waals surface area contributed by atoms with Crippen molar-refractivity contribution in [2.45, 2.75) is 13.1 Å². The van der Waals surface area contributed by atoms with E-state index in [1.807, 2.05) is 0 Å². The van der Waals surface area contributed by atoms with E-state index in [0.29, 0.717) is 0 Å². The lowest BCUT2D eigenvalue weighted by Gasteiger charge is -2.11. The van der Waals surface area contributed by atoms with E-state index in [9.17, 15) is 22.0 Å². The minimum absolute atomic E-state index is 0.000846. The molecule has 0 amide bonds. The fourth-order valence-corrected chi connectivity index (χ4v) is 2.30. The third-order valence-corrected chi connectivity index (χ3v) is 3.32. The van der Waals surface area contributed by atoms with Gasteiger partial charge < -0.3 is 0 Å². The Balaban J connectivity index is 2.24. The van der Waals surface area contributed by atoms with Crippen LogP contribution in [0.25, 0.3) is 22.5 Å². The Morgan fingerprint density at radius 3 is 2.44 bits per heavy atom. The molecule has 0 aliphatic heterocycles. The maximum Gasteiger partial charge on any atom is 0.433 e. The van der Waals surface area contributed by atoms with Crippen LogP contribution < -0.4 is 0 Å². The van der Waals surface area contributed by atoms with E-state index in [1.54, 1.807) is 0 Å². The van der Waals surface area contributed by atoms with Gasteiger partial charge in [0.15, 0.2) is 0 Å². The third-order valence-electron chi connectivity index (χ3n) is 3.32. The summed E-state index contributed by atoms with van der Waals surface area (Å²) < 4.78 is 66.5. The highest BCUT2D eigenvalue weighted by molar-refractivity contribution is 5.77. The SMILES string of the molecule is Cc1cc(-c2nncnc2-c2cc(F)ccc2F)cc(C(F)(F)F)n1. The maximum atomic E-state index is 14.1. The smallest absolute Gasteiger partial charge is 0.249 e. The van der Waals surface area contributed by atoms with E-state index < -0.39 is 23.5 Å². The lowest BCUT2D eigenvalue weighted by molar-refractivity contribution is -0.141. The monoisotopic (exact) mass is 352 g/mol. The van der Waals surface area contributed by atoms with Gasteiger partial charge in [0.05, 0.1) is 0 Å². The van der Waals surface area contributed by atoms with E-state index in [0.717, 1.165) is 30.6 Å². The zero-order chi connectivity index (χ0) is 18.2. The number of rotatable bonds is 2. The van der Waals surface area contributed by atoms with Gasteiger partial charge >= 0.3 is 6.18 Å². The molecule has 0 spiro atoms. The molecule has 2 heterocycles. The number of nitrogens with zero attached hydrogens (tertiary/aromatic N) is 4. The molecule has 0 bridgehead atoms. The Morgan fingerprint density at radius 1 is 0.960 bits per heavy atom. The fourth-order valence-electron chi connectivity index (χ4n) is 2.30. The average molecular weight is 352 g/mol. The number of halogens is 5. The van der Waals surface area contributed by atoms with Crippen LogP contribution in [0.4, 0.5) is 22.0 Å². The molecule has 3 aromatic rings. The van der Waals surface area contributed by atoms with Gasteiger partial charge in [-0.3, -0.25) is 0 Å². The van der Waals surface area contributed by atoms with E-state index >= 15 is 0 Å². The molecular formula is C16H9F5N4. The quantitative estimate of drug-likeness (QED) is 0.649. The van der Waals surface area contributed by atoms with Gasteiger partial charge in [-0.1, -0.05) is 0 Å². The number of hydrogen-bond acceptors (Lipinski definition) is 4. The van der Waals surface area contributed by atoms with Crippen molar-refractivity contribution in [3.63, 3.8) is 0 Å². The molecule has 3 rings (SSSR count).